The van der Waals surface area contributed by atoms with Crippen LogP contribution in [0.5, 0.6) is 0 Å². The van der Waals surface area contributed by atoms with Crippen LogP contribution in [0.4, 0.5) is 4.79 Å². The Hall–Kier alpha value is -1.51. The first-order valence-electron chi connectivity index (χ1n) is 5.90. The highest BCUT2D eigenvalue weighted by molar-refractivity contribution is 5.67. The van der Waals surface area contributed by atoms with E-state index < -0.39 is 5.60 Å². The average molecular weight is 235 g/mol. The molecule has 0 aliphatic heterocycles. The number of benzene rings is 1. The molecule has 0 heterocycles. The minimum Gasteiger partial charge on any atom is -0.444 e. The molecule has 1 unspecified atom stereocenters. The van der Waals surface area contributed by atoms with Crippen LogP contribution >= 0.6 is 0 Å². The van der Waals surface area contributed by atoms with Crippen molar-refractivity contribution in [1.82, 2.24) is 5.32 Å². The Morgan fingerprint density at radius 3 is 2.41 bits per heavy atom. The Balaban J connectivity index is 2.39. The monoisotopic (exact) mass is 235 g/mol. The normalized spacial score (nSPS) is 12.9. The molecule has 3 nitrogen and oxygen atoms in total. The van der Waals surface area contributed by atoms with Gasteiger partial charge >= 0.3 is 6.09 Å². The first-order chi connectivity index (χ1) is 7.88. The highest BCUT2D eigenvalue weighted by Gasteiger charge is 2.16. The second kappa shape index (κ2) is 5.71. The van der Waals surface area contributed by atoms with Crippen LogP contribution in [-0.2, 0) is 4.74 Å². The van der Waals surface area contributed by atoms with Gasteiger partial charge in [-0.25, -0.2) is 4.79 Å². The van der Waals surface area contributed by atoms with Crippen LogP contribution in [0, 0.1) is 0 Å². The van der Waals surface area contributed by atoms with Crippen molar-refractivity contribution >= 4 is 6.09 Å². The highest BCUT2D eigenvalue weighted by Crippen LogP contribution is 2.13. The van der Waals surface area contributed by atoms with Crippen LogP contribution < -0.4 is 5.32 Å². The van der Waals surface area contributed by atoms with E-state index in [-0.39, 0.29) is 12.0 Å². The molecule has 1 rings (SSSR count). The molecule has 17 heavy (non-hydrogen) atoms. The van der Waals surface area contributed by atoms with Crippen LogP contribution in [-0.4, -0.2) is 18.2 Å². The van der Waals surface area contributed by atoms with Gasteiger partial charge in [0.25, 0.3) is 0 Å². The van der Waals surface area contributed by atoms with Crippen LogP contribution in [0.25, 0.3) is 0 Å². The van der Waals surface area contributed by atoms with E-state index in [4.69, 9.17) is 4.74 Å². The summed E-state index contributed by atoms with van der Waals surface area (Å²) in [5.74, 6) is 0.281. The largest absolute Gasteiger partial charge is 0.444 e. The number of nitrogens with one attached hydrogen (secondary N) is 1. The topological polar surface area (TPSA) is 38.3 Å². The number of carbonyl (C=O) groups is 1. The lowest BCUT2D eigenvalue weighted by Gasteiger charge is -2.20. The van der Waals surface area contributed by atoms with E-state index in [0.717, 1.165) is 0 Å². The molecule has 0 aliphatic carbocycles. The second-order valence-corrected chi connectivity index (χ2v) is 5.19. The fraction of sp³-hybridized carbons (Fsp3) is 0.500. The van der Waals surface area contributed by atoms with Crippen molar-refractivity contribution in [3.63, 3.8) is 0 Å². The lowest BCUT2D eigenvalue weighted by Crippen LogP contribution is -2.34. The van der Waals surface area contributed by atoms with Crippen molar-refractivity contribution in [3.8, 4) is 0 Å². The van der Waals surface area contributed by atoms with Gasteiger partial charge in [-0.2, -0.15) is 0 Å². The molecule has 1 aromatic rings. The molecule has 0 saturated carbocycles. The number of amides is 1. The van der Waals surface area contributed by atoms with E-state index in [1.165, 1.54) is 5.56 Å². The van der Waals surface area contributed by atoms with E-state index in [1.54, 1.807) is 0 Å². The Kier molecular flexibility index (Phi) is 4.55. The fourth-order valence-electron chi connectivity index (χ4n) is 1.45. The number of ether oxygens (including phenoxy) is 1. The summed E-state index contributed by atoms with van der Waals surface area (Å²) in [6.45, 7) is 8.22. The standard InChI is InChI=1S/C14H21NO2/c1-11(12-8-6-5-7-9-12)10-15-13(16)17-14(2,3)4/h5-9,11H,10H2,1-4H3,(H,15,16). The van der Waals surface area contributed by atoms with Crippen LogP contribution in [0.15, 0.2) is 30.3 Å². The third-order valence-electron chi connectivity index (χ3n) is 2.32. The van der Waals surface area contributed by atoms with Gasteiger partial charge in [0.15, 0.2) is 0 Å². The zero-order valence-electron chi connectivity index (χ0n) is 11.0. The summed E-state index contributed by atoms with van der Waals surface area (Å²) >= 11 is 0. The first kappa shape index (κ1) is 13.6. The van der Waals surface area contributed by atoms with E-state index in [1.807, 2.05) is 39.0 Å². The van der Waals surface area contributed by atoms with Crippen molar-refractivity contribution in [3.05, 3.63) is 35.9 Å². The van der Waals surface area contributed by atoms with Crippen LogP contribution in [0.2, 0.25) is 0 Å². The number of carbonyl (C=O) groups excluding carboxylic acids is 1. The molecule has 0 saturated heterocycles. The average Bonchev–Trinajstić information content (AvgIpc) is 2.25. The maximum atomic E-state index is 11.5. The Bertz CT molecular complexity index is 354. The molecular weight excluding hydrogens is 214 g/mol. The summed E-state index contributed by atoms with van der Waals surface area (Å²) in [7, 11) is 0. The summed E-state index contributed by atoms with van der Waals surface area (Å²) in [5, 5.41) is 2.78. The predicted molar refractivity (Wildman–Crippen MR) is 69.1 cm³/mol. The Labute approximate surface area is 103 Å². The van der Waals surface area contributed by atoms with Gasteiger partial charge < -0.3 is 10.1 Å². The van der Waals surface area contributed by atoms with E-state index >= 15 is 0 Å². The van der Waals surface area contributed by atoms with Crippen LogP contribution in [0.3, 0.4) is 0 Å². The minimum atomic E-state index is -0.444. The lowest BCUT2D eigenvalue weighted by atomic mass is 10.0. The molecule has 1 N–H and O–H groups in total. The lowest BCUT2D eigenvalue weighted by molar-refractivity contribution is 0.0525. The highest BCUT2D eigenvalue weighted by atomic mass is 16.6. The SMILES string of the molecule is CC(CNC(=O)OC(C)(C)C)c1ccccc1. The van der Waals surface area contributed by atoms with Crippen LogP contribution in [0.1, 0.15) is 39.2 Å². The number of rotatable bonds is 3. The summed E-state index contributed by atoms with van der Waals surface area (Å²) in [6, 6.07) is 10.1. The van der Waals surface area contributed by atoms with Crippen molar-refractivity contribution < 1.29 is 9.53 Å². The number of alkyl carbamates (subject to hydrolysis) is 1. The van der Waals surface area contributed by atoms with Gasteiger partial charge in [-0.15, -0.1) is 0 Å². The second-order valence-electron chi connectivity index (χ2n) is 5.19. The molecule has 3 heteroatoms. The van der Waals surface area contributed by atoms with Gasteiger partial charge in [-0.3, -0.25) is 0 Å². The zero-order chi connectivity index (χ0) is 12.9. The van der Waals surface area contributed by atoms with E-state index in [0.29, 0.717) is 6.54 Å². The quantitative estimate of drug-likeness (QED) is 0.872. The van der Waals surface area contributed by atoms with Crippen molar-refractivity contribution in [2.24, 2.45) is 0 Å². The molecule has 0 spiro atoms. The van der Waals surface area contributed by atoms with Gasteiger partial charge in [0.2, 0.25) is 0 Å². The molecular formula is C14H21NO2. The molecule has 0 bridgehead atoms. The summed E-state index contributed by atoms with van der Waals surface area (Å²) in [6.07, 6.45) is -0.361. The molecule has 1 amide bonds. The van der Waals surface area contributed by atoms with Gasteiger partial charge in [-0.1, -0.05) is 37.3 Å². The Morgan fingerprint density at radius 1 is 1.29 bits per heavy atom. The van der Waals surface area contributed by atoms with E-state index in [2.05, 4.69) is 24.4 Å². The Morgan fingerprint density at radius 2 is 1.88 bits per heavy atom. The molecule has 0 fully saturated rings. The fourth-order valence-corrected chi connectivity index (χ4v) is 1.45. The molecule has 1 aromatic carbocycles. The van der Waals surface area contributed by atoms with Crippen molar-refractivity contribution in [2.75, 3.05) is 6.54 Å². The maximum absolute atomic E-state index is 11.5. The zero-order valence-corrected chi connectivity index (χ0v) is 11.0. The number of hydrogen-bond acceptors (Lipinski definition) is 2. The molecule has 0 aliphatic rings. The molecule has 0 aromatic heterocycles. The molecule has 0 radical (unpaired) electrons. The molecule has 1 atom stereocenters. The van der Waals surface area contributed by atoms with E-state index in [9.17, 15) is 4.79 Å². The first-order valence-corrected chi connectivity index (χ1v) is 5.90. The summed E-state index contributed by atoms with van der Waals surface area (Å²) < 4.78 is 5.17. The summed E-state index contributed by atoms with van der Waals surface area (Å²) in [5.41, 5.74) is 0.767. The third-order valence-corrected chi connectivity index (χ3v) is 2.32. The van der Waals surface area contributed by atoms with Crippen molar-refractivity contribution in [2.45, 2.75) is 39.2 Å². The smallest absolute Gasteiger partial charge is 0.407 e. The summed E-state index contributed by atoms with van der Waals surface area (Å²) in [4.78, 5) is 11.5. The maximum Gasteiger partial charge on any atom is 0.407 e. The minimum absolute atomic E-state index is 0.281. The predicted octanol–water partition coefficient (Wildman–Crippen LogP) is 3.31. The molecule has 94 valence electrons. The van der Waals surface area contributed by atoms with Gasteiger partial charge in [0.1, 0.15) is 5.60 Å². The van der Waals surface area contributed by atoms with Crippen molar-refractivity contribution in [1.29, 1.82) is 0 Å². The van der Waals surface area contributed by atoms with Gasteiger partial charge in [0.05, 0.1) is 0 Å². The van der Waals surface area contributed by atoms with Gasteiger partial charge in [0, 0.05) is 6.54 Å². The van der Waals surface area contributed by atoms with Gasteiger partial charge in [-0.05, 0) is 32.3 Å². The number of hydrogen-bond donors (Lipinski definition) is 1. The third kappa shape index (κ3) is 5.38.